The van der Waals surface area contributed by atoms with Gasteiger partial charge in [0.1, 0.15) is 11.4 Å². The molecular formula is C12H19N3O4. The number of carbonyl (C=O) groups excluding carboxylic acids is 1. The van der Waals surface area contributed by atoms with Gasteiger partial charge in [-0.25, -0.2) is 10.0 Å². The first kappa shape index (κ1) is 15.4. The van der Waals surface area contributed by atoms with Crippen LogP contribution in [0.1, 0.15) is 38.2 Å². The standard InChI is InChI=1S/C12H19N3O4/c1-5-19-11(16)7-6-10-12(15(17)18)9(4)13-14(10)8(2)3/h6-8,15,17H,5H2,1-4H3/b7-6+. The SMILES string of the molecule is CCOC(=O)/C=C/c1c([NH+]([O-])O)c(C)nn1C(C)C. The van der Waals surface area contributed by atoms with Gasteiger partial charge >= 0.3 is 5.97 Å². The molecule has 7 nitrogen and oxygen atoms in total. The van der Waals surface area contributed by atoms with Gasteiger partial charge in [0.2, 0.25) is 5.69 Å². The van der Waals surface area contributed by atoms with Crippen LogP contribution in [0.25, 0.3) is 6.08 Å². The average molecular weight is 269 g/mol. The smallest absolute Gasteiger partial charge is 0.330 e. The van der Waals surface area contributed by atoms with Crippen LogP contribution in [0.4, 0.5) is 5.69 Å². The van der Waals surface area contributed by atoms with E-state index in [0.717, 1.165) is 0 Å². The number of rotatable bonds is 5. The Morgan fingerprint density at radius 2 is 2.26 bits per heavy atom. The highest BCUT2D eigenvalue weighted by Gasteiger charge is 2.20. The number of aryl methyl sites for hydroxylation is 1. The Morgan fingerprint density at radius 3 is 2.74 bits per heavy atom. The maximum Gasteiger partial charge on any atom is 0.330 e. The summed E-state index contributed by atoms with van der Waals surface area (Å²) in [5.41, 5.74) is 0.923. The fourth-order valence-corrected chi connectivity index (χ4v) is 1.72. The van der Waals surface area contributed by atoms with Crippen LogP contribution in [0.2, 0.25) is 0 Å². The van der Waals surface area contributed by atoms with Crippen molar-refractivity contribution < 1.29 is 20.0 Å². The molecule has 7 heteroatoms. The van der Waals surface area contributed by atoms with Gasteiger partial charge in [-0.2, -0.15) is 10.3 Å². The molecule has 1 rings (SSSR count). The summed E-state index contributed by atoms with van der Waals surface area (Å²) < 4.78 is 6.35. The van der Waals surface area contributed by atoms with Crippen molar-refractivity contribution in [3.63, 3.8) is 0 Å². The largest absolute Gasteiger partial charge is 0.595 e. The zero-order chi connectivity index (χ0) is 14.6. The number of hydrogen-bond acceptors (Lipinski definition) is 5. The van der Waals surface area contributed by atoms with E-state index < -0.39 is 11.2 Å². The molecule has 19 heavy (non-hydrogen) atoms. The summed E-state index contributed by atoms with van der Waals surface area (Å²) in [6.45, 7) is 7.39. The second-order valence-corrected chi connectivity index (χ2v) is 4.27. The molecule has 0 radical (unpaired) electrons. The van der Waals surface area contributed by atoms with Crippen LogP contribution in [0.5, 0.6) is 0 Å². The summed E-state index contributed by atoms with van der Waals surface area (Å²) >= 11 is 0. The first-order valence-corrected chi connectivity index (χ1v) is 6.05. The molecule has 0 aliphatic rings. The molecule has 106 valence electrons. The van der Waals surface area contributed by atoms with Crippen molar-refractivity contribution in [2.45, 2.75) is 33.7 Å². The van der Waals surface area contributed by atoms with Crippen molar-refractivity contribution in [1.29, 1.82) is 0 Å². The van der Waals surface area contributed by atoms with Crippen LogP contribution >= 0.6 is 0 Å². The van der Waals surface area contributed by atoms with Crippen LogP contribution < -0.4 is 5.23 Å². The van der Waals surface area contributed by atoms with E-state index >= 15 is 0 Å². The average Bonchev–Trinajstić information content (AvgIpc) is 2.64. The van der Waals surface area contributed by atoms with Crippen molar-refractivity contribution in [2.24, 2.45) is 0 Å². The second-order valence-electron chi connectivity index (χ2n) is 4.27. The molecule has 0 saturated heterocycles. The van der Waals surface area contributed by atoms with Gasteiger partial charge in [0.15, 0.2) is 0 Å². The summed E-state index contributed by atoms with van der Waals surface area (Å²) in [5, 5.41) is 23.6. The van der Waals surface area contributed by atoms with Crippen molar-refractivity contribution in [2.75, 3.05) is 6.61 Å². The number of carbonyl (C=O) groups is 1. The minimum atomic E-state index is -1.06. The third kappa shape index (κ3) is 3.63. The van der Waals surface area contributed by atoms with Crippen molar-refractivity contribution in [3.05, 3.63) is 22.7 Å². The molecule has 0 aromatic carbocycles. The number of nitrogens with one attached hydrogen (secondary N) is 1. The summed E-state index contributed by atoms with van der Waals surface area (Å²) in [6.07, 6.45) is 2.65. The topological polar surface area (TPSA) is 91.8 Å². The van der Waals surface area contributed by atoms with E-state index in [0.29, 0.717) is 11.4 Å². The quantitative estimate of drug-likeness (QED) is 0.467. The predicted molar refractivity (Wildman–Crippen MR) is 68.8 cm³/mol. The van der Waals surface area contributed by atoms with Crippen LogP contribution in [0, 0.1) is 12.1 Å². The molecule has 0 bridgehead atoms. The minimum absolute atomic E-state index is 0.00588. The molecule has 1 atom stereocenters. The Kier molecular flexibility index (Phi) is 5.22. The normalized spacial score (nSPS) is 13.2. The Morgan fingerprint density at radius 1 is 1.63 bits per heavy atom. The van der Waals surface area contributed by atoms with Crippen LogP contribution in [0.15, 0.2) is 6.08 Å². The first-order chi connectivity index (χ1) is 8.88. The fraction of sp³-hybridized carbons (Fsp3) is 0.500. The fourth-order valence-electron chi connectivity index (χ4n) is 1.72. The number of aromatic nitrogens is 2. The lowest BCUT2D eigenvalue weighted by Gasteiger charge is -2.13. The van der Waals surface area contributed by atoms with Gasteiger partial charge in [-0.15, -0.1) is 0 Å². The summed E-state index contributed by atoms with van der Waals surface area (Å²) in [7, 11) is 0. The van der Waals surface area contributed by atoms with E-state index in [1.54, 1.807) is 18.5 Å². The van der Waals surface area contributed by atoms with Gasteiger partial charge in [0.05, 0.1) is 6.61 Å². The molecule has 0 saturated carbocycles. The highest BCUT2D eigenvalue weighted by molar-refractivity contribution is 5.87. The van der Waals surface area contributed by atoms with Crippen LogP contribution in [-0.2, 0) is 9.53 Å². The summed E-state index contributed by atoms with van der Waals surface area (Å²) in [4.78, 5) is 11.3. The van der Waals surface area contributed by atoms with Gasteiger partial charge < -0.3 is 9.94 Å². The van der Waals surface area contributed by atoms with Crippen molar-refractivity contribution in [1.82, 2.24) is 9.78 Å². The minimum Gasteiger partial charge on any atom is -0.595 e. The molecule has 1 aromatic rings. The van der Waals surface area contributed by atoms with E-state index in [1.807, 2.05) is 13.8 Å². The van der Waals surface area contributed by atoms with Crippen molar-refractivity contribution in [3.8, 4) is 0 Å². The molecule has 0 amide bonds. The van der Waals surface area contributed by atoms with Gasteiger partial charge in [-0.05, 0) is 33.8 Å². The first-order valence-electron chi connectivity index (χ1n) is 6.05. The van der Waals surface area contributed by atoms with E-state index in [4.69, 9.17) is 4.74 Å². The maximum absolute atomic E-state index is 11.3. The molecule has 0 spiro atoms. The lowest BCUT2D eigenvalue weighted by molar-refractivity contribution is -0.991. The summed E-state index contributed by atoms with van der Waals surface area (Å²) in [6, 6.07) is -0.00588. The molecule has 1 unspecified atom stereocenters. The Labute approximate surface area is 111 Å². The van der Waals surface area contributed by atoms with Gasteiger partial charge in [-0.1, -0.05) is 0 Å². The molecule has 0 aliphatic carbocycles. The predicted octanol–water partition coefficient (Wildman–Crippen LogP) is 0.752. The zero-order valence-electron chi connectivity index (χ0n) is 11.5. The molecule has 1 aromatic heterocycles. The Hall–Kier alpha value is -1.70. The zero-order valence-corrected chi connectivity index (χ0v) is 11.5. The van der Waals surface area contributed by atoms with E-state index in [1.165, 1.54) is 12.2 Å². The number of ether oxygens (including phenoxy) is 1. The van der Waals surface area contributed by atoms with Crippen LogP contribution in [0.3, 0.4) is 0 Å². The number of nitrogens with zero attached hydrogens (tertiary/aromatic N) is 2. The lowest BCUT2D eigenvalue weighted by Crippen LogP contribution is -2.99. The monoisotopic (exact) mass is 269 g/mol. The Balaban J connectivity index is 3.19. The molecular weight excluding hydrogens is 250 g/mol. The highest BCUT2D eigenvalue weighted by Crippen LogP contribution is 2.21. The van der Waals surface area contributed by atoms with E-state index in [-0.39, 0.29) is 18.3 Å². The molecule has 0 aliphatic heterocycles. The van der Waals surface area contributed by atoms with Gasteiger partial charge in [0, 0.05) is 12.1 Å². The number of quaternary nitrogens is 1. The van der Waals surface area contributed by atoms with Gasteiger partial charge in [0.25, 0.3) is 0 Å². The lowest BCUT2D eigenvalue weighted by atomic mass is 10.2. The molecule has 2 N–H and O–H groups in total. The van der Waals surface area contributed by atoms with Gasteiger partial charge in [-0.3, -0.25) is 4.68 Å². The number of hydrogen-bond donors (Lipinski definition) is 2. The summed E-state index contributed by atoms with van der Waals surface area (Å²) in [5.74, 6) is -0.506. The molecule has 0 fully saturated rings. The van der Waals surface area contributed by atoms with Crippen molar-refractivity contribution >= 4 is 17.7 Å². The Bertz CT molecular complexity index is 478. The van der Waals surface area contributed by atoms with E-state index in [9.17, 15) is 15.2 Å². The van der Waals surface area contributed by atoms with Crippen LogP contribution in [-0.4, -0.2) is 27.6 Å². The maximum atomic E-state index is 11.3. The third-order valence-electron chi connectivity index (χ3n) is 2.49. The second kappa shape index (κ2) is 6.46. The third-order valence-corrected chi connectivity index (χ3v) is 2.49. The molecule has 1 heterocycles. The highest BCUT2D eigenvalue weighted by atomic mass is 16.8. The number of esters is 1. The van der Waals surface area contributed by atoms with E-state index in [2.05, 4.69) is 5.10 Å².